The molecule has 0 atom stereocenters. The van der Waals surface area contributed by atoms with E-state index in [2.05, 4.69) is 21.2 Å². The predicted octanol–water partition coefficient (Wildman–Crippen LogP) is 4.22. The molecule has 0 spiro atoms. The van der Waals surface area contributed by atoms with Gasteiger partial charge in [-0.25, -0.2) is 8.78 Å². The zero-order chi connectivity index (χ0) is 14.9. The lowest BCUT2D eigenvalue weighted by Gasteiger charge is -2.09. The van der Waals surface area contributed by atoms with E-state index in [-0.39, 0.29) is 22.0 Å². The highest BCUT2D eigenvalue weighted by atomic mass is 79.9. The summed E-state index contributed by atoms with van der Waals surface area (Å²) in [4.78, 5) is 12.0. The van der Waals surface area contributed by atoms with E-state index in [0.717, 1.165) is 6.07 Å². The van der Waals surface area contributed by atoms with Crippen molar-refractivity contribution in [3.05, 3.63) is 57.0 Å². The smallest absolute Gasteiger partial charge is 0.257 e. The van der Waals surface area contributed by atoms with Crippen molar-refractivity contribution in [3.63, 3.8) is 0 Å². The minimum atomic E-state index is -0.918. The van der Waals surface area contributed by atoms with E-state index < -0.39 is 17.5 Å². The number of carbonyl (C=O) groups is 1. The Labute approximate surface area is 126 Å². The number of amides is 1. The highest BCUT2D eigenvalue weighted by Gasteiger charge is 2.14. The normalized spacial score (nSPS) is 10.4. The Balaban J connectivity index is 2.30. The molecule has 0 fully saturated rings. The molecule has 104 valence electrons. The first-order chi connectivity index (χ1) is 9.38. The van der Waals surface area contributed by atoms with Gasteiger partial charge in [0.1, 0.15) is 11.6 Å². The van der Waals surface area contributed by atoms with Crippen molar-refractivity contribution in [1.29, 1.82) is 0 Å². The topological polar surface area (TPSA) is 55.1 Å². The maximum absolute atomic E-state index is 13.5. The van der Waals surface area contributed by atoms with Gasteiger partial charge in [-0.2, -0.15) is 0 Å². The fourth-order valence-corrected chi connectivity index (χ4v) is 2.28. The molecule has 0 aliphatic rings. The molecule has 0 aromatic heterocycles. The Kier molecular flexibility index (Phi) is 4.25. The number of hydrogen-bond donors (Lipinski definition) is 2. The first-order valence-electron chi connectivity index (χ1n) is 5.39. The molecule has 2 aromatic carbocycles. The third-order valence-electron chi connectivity index (χ3n) is 2.51. The van der Waals surface area contributed by atoms with Gasteiger partial charge < -0.3 is 11.1 Å². The number of rotatable bonds is 2. The van der Waals surface area contributed by atoms with Crippen LogP contribution < -0.4 is 11.1 Å². The molecule has 0 unspecified atom stereocenters. The molecule has 0 radical (unpaired) electrons. The van der Waals surface area contributed by atoms with Crippen molar-refractivity contribution in [3.8, 4) is 0 Å². The van der Waals surface area contributed by atoms with Gasteiger partial charge in [-0.05, 0) is 24.3 Å². The number of nitrogens with one attached hydrogen (secondary N) is 1. The van der Waals surface area contributed by atoms with Crippen LogP contribution in [0.2, 0.25) is 5.02 Å². The van der Waals surface area contributed by atoms with Crippen LogP contribution in [0.4, 0.5) is 20.2 Å². The zero-order valence-electron chi connectivity index (χ0n) is 9.88. The minimum absolute atomic E-state index is 0.164. The van der Waals surface area contributed by atoms with E-state index in [4.69, 9.17) is 17.3 Å². The fraction of sp³-hybridized carbons (Fsp3) is 0. The van der Waals surface area contributed by atoms with Crippen molar-refractivity contribution >= 4 is 44.8 Å². The van der Waals surface area contributed by atoms with E-state index in [1.165, 1.54) is 12.1 Å². The molecule has 20 heavy (non-hydrogen) atoms. The van der Waals surface area contributed by atoms with E-state index in [1.54, 1.807) is 6.07 Å². The molecule has 2 aromatic rings. The first-order valence-corrected chi connectivity index (χ1v) is 6.56. The van der Waals surface area contributed by atoms with Crippen LogP contribution in [0.1, 0.15) is 10.4 Å². The maximum atomic E-state index is 13.5. The van der Waals surface area contributed by atoms with Gasteiger partial charge >= 0.3 is 0 Å². The molecule has 0 bridgehead atoms. The average molecular weight is 362 g/mol. The highest BCUT2D eigenvalue weighted by molar-refractivity contribution is 9.10. The molecule has 0 heterocycles. The molecule has 3 N–H and O–H groups in total. The maximum Gasteiger partial charge on any atom is 0.257 e. The van der Waals surface area contributed by atoms with Gasteiger partial charge in [0.15, 0.2) is 0 Å². The number of hydrogen-bond acceptors (Lipinski definition) is 2. The molecular formula is C13H8BrClF2N2O. The lowest BCUT2D eigenvalue weighted by atomic mass is 10.2. The third kappa shape index (κ3) is 3.08. The Morgan fingerprint density at radius 1 is 1.20 bits per heavy atom. The second-order valence-electron chi connectivity index (χ2n) is 3.93. The van der Waals surface area contributed by atoms with E-state index in [0.29, 0.717) is 10.5 Å². The summed E-state index contributed by atoms with van der Waals surface area (Å²) in [5.41, 5.74) is 5.02. The Hall–Kier alpha value is -1.66. The summed E-state index contributed by atoms with van der Waals surface area (Å²) >= 11 is 9.12. The summed E-state index contributed by atoms with van der Waals surface area (Å²) < 4.78 is 27.2. The van der Waals surface area contributed by atoms with Crippen molar-refractivity contribution in [1.82, 2.24) is 0 Å². The van der Waals surface area contributed by atoms with Crippen LogP contribution in [0.15, 0.2) is 34.8 Å². The minimum Gasteiger partial charge on any atom is -0.396 e. The molecule has 7 heteroatoms. The zero-order valence-corrected chi connectivity index (χ0v) is 12.2. The molecule has 0 aliphatic heterocycles. The number of anilines is 2. The summed E-state index contributed by atoms with van der Waals surface area (Å²) in [7, 11) is 0. The monoisotopic (exact) mass is 360 g/mol. The molecule has 3 nitrogen and oxygen atoms in total. The summed E-state index contributed by atoms with van der Waals surface area (Å²) in [5, 5.41) is 2.50. The Morgan fingerprint density at radius 2 is 1.90 bits per heavy atom. The predicted molar refractivity (Wildman–Crippen MR) is 77.9 cm³/mol. The van der Waals surface area contributed by atoms with Crippen molar-refractivity contribution in [2.75, 3.05) is 11.1 Å². The lowest BCUT2D eigenvalue weighted by Crippen LogP contribution is -2.14. The Morgan fingerprint density at radius 3 is 2.55 bits per heavy atom. The van der Waals surface area contributed by atoms with Gasteiger partial charge in [0, 0.05) is 10.5 Å². The molecule has 2 rings (SSSR count). The highest BCUT2D eigenvalue weighted by Crippen LogP contribution is 2.25. The van der Waals surface area contributed by atoms with Crippen LogP contribution in [-0.2, 0) is 0 Å². The number of nitrogens with two attached hydrogens (primary N) is 1. The van der Waals surface area contributed by atoms with Crippen LogP contribution in [0.25, 0.3) is 0 Å². The van der Waals surface area contributed by atoms with Crippen LogP contribution in [0, 0.1) is 11.6 Å². The number of halogens is 4. The second-order valence-corrected chi connectivity index (χ2v) is 5.25. The van der Waals surface area contributed by atoms with Crippen LogP contribution in [0.3, 0.4) is 0 Å². The average Bonchev–Trinajstić information content (AvgIpc) is 2.35. The SMILES string of the molecule is Nc1cc(NC(=O)c2ccc(Br)cc2Cl)c(F)cc1F. The molecule has 0 saturated carbocycles. The van der Waals surface area contributed by atoms with Gasteiger partial charge in [-0.3, -0.25) is 4.79 Å². The van der Waals surface area contributed by atoms with E-state index in [1.807, 2.05) is 0 Å². The van der Waals surface area contributed by atoms with Crippen molar-refractivity contribution < 1.29 is 13.6 Å². The summed E-state index contributed by atoms with van der Waals surface area (Å²) in [6.07, 6.45) is 0. The Bertz CT molecular complexity index is 694. The van der Waals surface area contributed by atoms with Crippen LogP contribution >= 0.6 is 27.5 Å². The van der Waals surface area contributed by atoms with Gasteiger partial charge in [-0.1, -0.05) is 27.5 Å². The summed E-state index contributed by atoms with van der Waals surface area (Å²) in [6, 6.07) is 6.25. The quantitative estimate of drug-likeness (QED) is 0.787. The van der Waals surface area contributed by atoms with Crippen molar-refractivity contribution in [2.45, 2.75) is 0 Å². The second kappa shape index (κ2) is 5.76. The van der Waals surface area contributed by atoms with Crippen LogP contribution in [0.5, 0.6) is 0 Å². The fourth-order valence-electron chi connectivity index (χ4n) is 1.52. The van der Waals surface area contributed by atoms with Crippen LogP contribution in [-0.4, -0.2) is 5.91 Å². The van der Waals surface area contributed by atoms with E-state index >= 15 is 0 Å². The van der Waals surface area contributed by atoms with Gasteiger partial charge in [0.25, 0.3) is 5.91 Å². The standard InChI is InChI=1S/C13H8BrClF2N2O/c14-6-1-2-7(8(15)3-6)13(20)19-12-5-11(18)9(16)4-10(12)17/h1-5H,18H2,(H,19,20). The van der Waals surface area contributed by atoms with Gasteiger partial charge in [0.05, 0.1) is 22.0 Å². The first kappa shape index (κ1) is 14.7. The number of nitrogen functional groups attached to an aromatic ring is 1. The van der Waals surface area contributed by atoms with Gasteiger partial charge in [0.2, 0.25) is 0 Å². The third-order valence-corrected chi connectivity index (χ3v) is 3.32. The lowest BCUT2D eigenvalue weighted by molar-refractivity contribution is 0.102. The summed E-state index contributed by atoms with van der Waals surface area (Å²) in [5.74, 6) is -2.42. The molecular weight excluding hydrogens is 354 g/mol. The molecule has 0 saturated heterocycles. The summed E-state index contributed by atoms with van der Waals surface area (Å²) in [6.45, 7) is 0. The van der Waals surface area contributed by atoms with Crippen molar-refractivity contribution in [2.24, 2.45) is 0 Å². The number of benzene rings is 2. The van der Waals surface area contributed by atoms with E-state index in [9.17, 15) is 13.6 Å². The molecule has 0 aliphatic carbocycles. The number of carbonyl (C=O) groups excluding carboxylic acids is 1. The largest absolute Gasteiger partial charge is 0.396 e. The van der Waals surface area contributed by atoms with Gasteiger partial charge in [-0.15, -0.1) is 0 Å². The molecule has 1 amide bonds.